The molecule has 0 aromatic rings. The molecule has 4 rings (SSSR count). The Hall–Kier alpha value is -1.45. The number of ketones is 2. The van der Waals surface area contributed by atoms with E-state index in [4.69, 9.17) is 4.74 Å². The molecule has 4 heteroatoms. The maximum atomic E-state index is 12.8. The molecule has 0 saturated heterocycles. The highest BCUT2D eigenvalue weighted by molar-refractivity contribution is 5.92. The van der Waals surface area contributed by atoms with Crippen LogP contribution < -0.4 is 0 Å². The van der Waals surface area contributed by atoms with E-state index in [1.165, 1.54) is 12.5 Å². The number of hydrogen-bond acceptors (Lipinski definition) is 4. The van der Waals surface area contributed by atoms with Crippen LogP contribution in [0.15, 0.2) is 11.6 Å². The van der Waals surface area contributed by atoms with E-state index in [2.05, 4.69) is 13.8 Å². The first kappa shape index (κ1) is 17.0. The van der Waals surface area contributed by atoms with E-state index in [9.17, 15) is 14.4 Å². The number of carbonyl (C=O) groups excluding carboxylic acids is 3. The fourth-order valence-corrected chi connectivity index (χ4v) is 6.69. The van der Waals surface area contributed by atoms with Crippen molar-refractivity contribution in [1.29, 1.82) is 0 Å². The normalized spacial score (nSPS) is 46.0. The van der Waals surface area contributed by atoms with Crippen molar-refractivity contribution in [2.75, 3.05) is 0 Å². The van der Waals surface area contributed by atoms with Crippen LogP contribution in [-0.4, -0.2) is 23.6 Å². The standard InChI is InChI=1S/C21H28O4/c1-12(22)25-17-11-18(24)21(3)9-7-16-15(19(17)21)5-4-13-10-14(23)6-8-20(13,16)2/h10,15-17,19H,4-9,11H2,1-3H3/t15-,16+,17+,19-,20+,21-/m1/s1. The summed E-state index contributed by atoms with van der Waals surface area (Å²) in [5, 5.41) is 0. The van der Waals surface area contributed by atoms with E-state index in [0.29, 0.717) is 24.7 Å². The Labute approximate surface area is 149 Å². The third-order valence-corrected chi connectivity index (χ3v) is 7.95. The molecule has 6 atom stereocenters. The van der Waals surface area contributed by atoms with Crippen LogP contribution in [0.3, 0.4) is 0 Å². The van der Waals surface area contributed by atoms with Crippen LogP contribution in [0.25, 0.3) is 0 Å². The number of allylic oxidation sites excluding steroid dienone is 1. The maximum Gasteiger partial charge on any atom is 0.302 e. The number of esters is 1. The second-order valence-electron chi connectivity index (χ2n) is 9.12. The predicted octanol–water partition coefficient (Wildman–Crippen LogP) is 3.63. The molecule has 0 spiro atoms. The molecule has 3 fully saturated rings. The SMILES string of the molecule is CC(=O)O[C@H]1CC(=O)[C@@]2(C)CC[C@H]3[C@@H](CCC4=CC(=O)CC[C@@]43C)[C@H]12. The van der Waals surface area contributed by atoms with Crippen LogP contribution in [0.2, 0.25) is 0 Å². The van der Waals surface area contributed by atoms with Crippen molar-refractivity contribution >= 4 is 17.5 Å². The average Bonchev–Trinajstić information content (AvgIpc) is 2.78. The summed E-state index contributed by atoms with van der Waals surface area (Å²) < 4.78 is 5.62. The van der Waals surface area contributed by atoms with E-state index in [1.54, 1.807) is 0 Å². The van der Waals surface area contributed by atoms with E-state index >= 15 is 0 Å². The van der Waals surface area contributed by atoms with Crippen LogP contribution in [0.4, 0.5) is 0 Å². The first-order chi connectivity index (χ1) is 11.8. The Morgan fingerprint density at radius 3 is 2.60 bits per heavy atom. The van der Waals surface area contributed by atoms with E-state index in [0.717, 1.165) is 32.1 Å². The van der Waals surface area contributed by atoms with Crippen LogP contribution in [-0.2, 0) is 19.1 Å². The number of ether oxygens (including phenoxy) is 1. The van der Waals surface area contributed by atoms with Gasteiger partial charge in [0, 0.05) is 31.1 Å². The van der Waals surface area contributed by atoms with Crippen molar-refractivity contribution in [3.8, 4) is 0 Å². The molecule has 0 bridgehead atoms. The van der Waals surface area contributed by atoms with Gasteiger partial charge in [0.25, 0.3) is 0 Å². The van der Waals surface area contributed by atoms with Crippen molar-refractivity contribution in [2.45, 2.75) is 71.8 Å². The average molecular weight is 344 g/mol. The number of carbonyl (C=O) groups is 3. The summed E-state index contributed by atoms with van der Waals surface area (Å²) in [5.74, 6) is 1.29. The van der Waals surface area contributed by atoms with E-state index < -0.39 is 0 Å². The fraction of sp³-hybridized carbons (Fsp3) is 0.762. The van der Waals surface area contributed by atoms with Gasteiger partial charge in [-0.25, -0.2) is 0 Å². The third kappa shape index (κ3) is 2.36. The summed E-state index contributed by atoms with van der Waals surface area (Å²) in [5.41, 5.74) is 1.05. The molecule has 3 saturated carbocycles. The van der Waals surface area contributed by atoms with Crippen molar-refractivity contribution in [1.82, 2.24) is 0 Å². The highest BCUT2D eigenvalue weighted by Crippen LogP contribution is 2.64. The van der Waals surface area contributed by atoms with Gasteiger partial charge in [0.1, 0.15) is 11.9 Å². The van der Waals surface area contributed by atoms with Gasteiger partial charge in [0.2, 0.25) is 0 Å². The molecule has 0 radical (unpaired) electrons. The first-order valence-electron chi connectivity index (χ1n) is 9.70. The number of Topliss-reactive ketones (excluding diaryl/α,β-unsaturated/α-hetero) is 1. The summed E-state index contributed by atoms with van der Waals surface area (Å²) in [6, 6.07) is 0. The van der Waals surface area contributed by atoms with Crippen LogP contribution in [0.5, 0.6) is 0 Å². The molecule has 4 aliphatic carbocycles. The van der Waals surface area contributed by atoms with Gasteiger partial charge in [-0.2, -0.15) is 0 Å². The molecular weight excluding hydrogens is 316 g/mol. The third-order valence-electron chi connectivity index (χ3n) is 7.95. The topological polar surface area (TPSA) is 60.4 Å². The molecule has 0 amide bonds. The molecule has 0 N–H and O–H groups in total. The second-order valence-corrected chi connectivity index (χ2v) is 9.12. The molecule has 4 aliphatic rings. The minimum Gasteiger partial charge on any atom is -0.462 e. The quantitative estimate of drug-likeness (QED) is 0.682. The molecule has 0 heterocycles. The number of rotatable bonds is 1. The van der Waals surface area contributed by atoms with Gasteiger partial charge < -0.3 is 4.74 Å². The van der Waals surface area contributed by atoms with Gasteiger partial charge in [-0.15, -0.1) is 0 Å². The highest BCUT2D eigenvalue weighted by atomic mass is 16.5. The molecule has 0 aliphatic heterocycles. The smallest absolute Gasteiger partial charge is 0.302 e. The summed E-state index contributed by atoms with van der Waals surface area (Å²) in [7, 11) is 0. The zero-order valence-electron chi connectivity index (χ0n) is 15.5. The molecule has 0 unspecified atom stereocenters. The lowest BCUT2D eigenvalue weighted by molar-refractivity contribution is -0.155. The molecule has 0 aromatic carbocycles. The van der Waals surface area contributed by atoms with Crippen molar-refractivity contribution < 1.29 is 19.1 Å². The largest absolute Gasteiger partial charge is 0.462 e. The Morgan fingerprint density at radius 2 is 1.88 bits per heavy atom. The van der Waals surface area contributed by atoms with Gasteiger partial charge in [0.15, 0.2) is 5.78 Å². The van der Waals surface area contributed by atoms with E-state index in [1.807, 2.05) is 6.08 Å². The van der Waals surface area contributed by atoms with Gasteiger partial charge >= 0.3 is 5.97 Å². The van der Waals surface area contributed by atoms with Gasteiger partial charge in [0.05, 0.1) is 0 Å². The summed E-state index contributed by atoms with van der Waals surface area (Å²) in [4.78, 5) is 36.2. The highest BCUT2D eigenvalue weighted by Gasteiger charge is 2.62. The fourth-order valence-electron chi connectivity index (χ4n) is 6.69. The lowest BCUT2D eigenvalue weighted by atomic mass is 9.47. The Morgan fingerprint density at radius 1 is 1.12 bits per heavy atom. The van der Waals surface area contributed by atoms with Crippen LogP contribution >= 0.6 is 0 Å². The molecule has 25 heavy (non-hydrogen) atoms. The monoisotopic (exact) mass is 344 g/mol. The number of hydrogen-bond donors (Lipinski definition) is 0. The Kier molecular flexibility index (Phi) is 3.75. The lowest BCUT2D eigenvalue weighted by Crippen LogP contribution is -2.52. The molecule has 0 aromatic heterocycles. The zero-order valence-corrected chi connectivity index (χ0v) is 15.5. The first-order valence-corrected chi connectivity index (χ1v) is 9.70. The zero-order chi connectivity index (χ0) is 18.0. The molecule has 136 valence electrons. The summed E-state index contributed by atoms with van der Waals surface area (Å²) >= 11 is 0. The molecular formula is C21H28O4. The molecule has 4 nitrogen and oxygen atoms in total. The van der Waals surface area contributed by atoms with Gasteiger partial charge in [-0.05, 0) is 55.4 Å². The minimum atomic E-state index is -0.344. The Bertz CT molecular complexity index is 677. The number of fused-ring (bicyclic) bond motifs is 5. The van der Waals surface area contributed by atoms with Crippen LogP contribution in [0, 0.1) is 28.6 Å². The predicted molar refractivity (Wildman–Crippen MR) is 92.7 cm³/mol. The lowest BCUT2D eigenvalue weighted by Gasteiger charge is -2.57. The summed E-state index contributed by atoms with van der Waals surface area (Å²) in [6.07, 6.45) is 7.44. The van der Waals surface area contributed by atoms with E-state index in [-0.39, 0.29) is 40.4 Å². The minimum absolute atomic E-state index is 0.0740. The van der Waals surface area contributed by atoms with Crippen molar-refractivity contribution in [3.63, 3.8) is 0 Å². The van der Waals surface area contributed by atoms with Gasteiger partial charge in [-0.1, -0.05) is 19.4 Å². The second kappa shape index (κ2) is 5.52. The van der Waals surface area contributed by atoms with Crippen LogP contribution in [0.1, 0.15) is 65.7 Å². The van der Waals surface area contributed by atoms with Gasteiger partial charge in [-0.3, -0.25) is 14.4 Å². The van der Waals surface area contributed by atoms with Crippen molar-refractivity contribution in [2.24, 2.45) is 28.6 Å². The maximum absolute atomic E-state index is 12.8. The Balaban J connectivity index is 1.71. The summed E-state index contributed by atoms with van der Waals surface area (Å²) in [6.45, 7) is 5.86. The van der Waals surface area contributed by atoms with Crippen molar-refractivity contribution in [3.05, 3.63) is 11.6 Å².